The van der Waals surface area contributed by atoms with E-state index < -0.39 is 0 Å². The smallest absolute Gasteiger partial charge is 0.00953 e. The highest BCUT2D eigenvalue weighted by Gasteiger charge is 2.39. The van der Waals surface area contributed by atoms with Crippen LogP contribution in [0, 0.1) is 64.6 Å². The standard InChI is InChI=1S/C23H44N2.C20H37N.C15H29N/c1-5-20-6-8-21(9-7-20)18-25-16-14-23(15-17-25)12-10-22(11-13-23)24(4)19(2)3;1-15(2)17(5)20-8-6-18(7-9-20)14-21-12-10-19(11-13-21)16(3)4;1-6-13(4)11-16-9-7-15(8-10-16)14(5)12(2)3/h19-22H,5-18H2,1-4H3;15-16,18-20H,5-14H2,1-4H3;12-13,15H,5-11H2,1-4H3. The van der Waals surface area contributed by atoms with Crippen LogP contribution in [0.2, 0.25) is 0 Å². The number of piperidine rings is 3. The maximum atomic E-state index is 4.33. The predicted molar refractivity (Wildman–Crippen MR) is 275 cm³/mol. The van der Waals surface area contributed by atoms with Gasteiger partial charge in [0.15, 0.2) is 0 Å². The Bertz CT molecular complexity index is 1200. The number of rotatable bonds is 15. The lowest BCUT2D eigenvalue weighted by atomic mass is 9.66. The van der Waals surface area contributed by atoms with E-state index in [1.165, 1.54) is 198 Å². The van der Waals surface area contributed by atoms with E-state index in [1.807, 2.05) is 0 Å². The Morgan fingerprint density at radius 2 is 0.968 bits per heavy atom. The first-order valence-electron chi connectivity index (χ1n) is 27.8. The minimum absolute atomic E-state index is 0.658. The Morgan fingerprint density at radius 1 is 0.532 bits per heavy atom. The van der Waals surface area contributed by atoms with E-state index in [4.69, 9.17) is 0 Å². The Morgan fingerprint density at radius 3 is 1.40 bits per heavy atom. The van der Waals surface area contributed by atoms with Crippen molar-refractivity contribution in [3.05, 3.63) is 24.3 Å². The molecule has 6 aliphatic rings. The molecule has 0 aromatic heterocycles. The van der Waals surface area contributed by atoms with Crippen LogP contribution in [-0.2, 0) is 0 Å². The molecule has 1 unspecified atom stereocenters. The van der Waals surface area contributed by atoms with E-state index in [2.05, 4.69) is 116 Å². The Labute approximate surface area is 389 Å². The van der Waals surface area contributed by atoms with Crippen LogP contribution in [0.5, 0.6) is 0 Å². The molecule has 1 atom stereocenters. The van der Waals surface area contributed by atoms with Crippen molar-refractivity contribution in [2.24, 2.45) is 64.6 Å². The summed E-state index contributed by atoms with van der Waals surface area (Å²) in [5, 5.41) is 0. The maximum Gasteiger partial charge on any atom is 0.00953 e. The summed E-state index contributed by atoms with van der Waals surface area (Å²) in [5.74, 6) is 8.64. The summed E-state index contributed by atoms with van der Waals surface area (Å²) in [6.07, 6.45) is 28.7. The molecule has 3 aliphatic heterocycles. The molecule has 3 saturated heterocycles. The minimum Gasteiger partial charge on any atom is -0.303 e. The first-order chi connectivity index (χ1) is 29.5. The molecule has 6 fully saturated rings. The number of nitrogens with zero attached hydrogens (tertiary/aromatic N) is 4. The van der Waals surface area contributed by atoms with Crippen LogP contribution in [-0.4, -0.2) is 97.6 Å². The van der Waals surface area contributed by atoms with Gasteiger partial charge in [0.05, 0.1) is 0 Å². The molecule has 62 heavy (non-hydrogen) atoms. The van der Waals surface area contributed by atoms with Gasteiger partial charge in [-0.05, 0) is 227 Å². The minimum atomic E-state index is 0.658. The topological polar surface area (TPSA) is 13.0 Å². The van der Waals surface area contributed by atoms with Gasteiger partial charge in [-0.1, -0.05) is 112 Å². The summed E-state index contributed by atoms with van der Waals surface area (Å²) >= 11 is 0. The first-order valence-corrected chi connectivity index (χ1v) is 27.8. The molecule has 4 heteroatoms. The van der Waals surface area contributed by atoms with Crippen LogP contribution >= 0.6 is 0 Å². The molecular formula is C58H110N4. The molecule has 6 rings (SSSR count). The molecule has 3 heterocycles. The largest absolute Gasteiger partial charge is 0.303 e. The lowest BCUT2D eigenvalue weighted by Crippen LogP contribution is -2.47. The third-order valence-corrected chi connectivity index (χ3v) is 18.7. The second-order valence-electron chi connectivity index (χ2n) is 24.2. The monoisotopic (exact) mass is 863 g/mol. The number of hydrogen-bond acceptors (Lipinski definition) is 4. The molecule has 1 spiro atoms. The van der Waals surface area contributed by atoms with E-state index in [9.17, 15) is 0 Å². The number of hydrogen-bond donors (Lipinski definition) is 0. The van der Waals surface area contributed by atoms with Crippen molar-refractivity contribution in [3.63, 3.8) is 0 Å². The summed E-state index contributed by atoms with van der Waals surface area (Å²) in [6, 6.07) is 1.54. The van der Waals surface area contributed by atoms with Gasteiger partial charge in [-0.15, -0.1) is 0 Å². The lowest BCUT2D eigenvalue weighted by molar-refractivity contribution is 0.0250. The van der Waals surface area contributed by atoms with Crippen LogP contribution in [0.15, 0.2) is 24.3 Å². The summed E-state index contributed by atoms with van der Waals surface area (Å²) in [6.45, 7) is 46.3. The van der Waals surface area contributed by atoms with E-state index >= 15 is 0 Å². The Hall–Kier alpha value is -0.680. The normalized spacial score (nSPS) is 28.3. The average molecular weight is 864 g/mol. The quantitative estimate of drug-likeness (QED) is 0.152. The molecule has 0 aromatic rings. The van der Waals surface area contributed by atoms with Crippen LogP contribution in [0.25, 0.3) is 0 Å². The van der Waals surface area contributed by atoms with E-state index in [-0.39, 0.29) is 0 Å². The number of allylic oxidation sites excluding steroid dienone is 2. The van der Waals surface area contributed by atoms with Crippen LogP contribution in [0.3, 0.4) is 0 Å². The van der Waals surface area contributed by atoms with Crippen molar-refractivity contribution in [1.82, 2.24) is 19.6 Å². The highest BCUT2D eigenvalue weighted by atomic mass is 15.2. The third-order valence-electron chi connectivity index (χ3n) is 18.7. The van der Waals surface area contributed by atoms with Gasteiger partial charge in [-0.25, -0.2) is 0 Å². The van der Waals surface area contributed by atoms with Crippen molar-refractivity contribution in [3.8, 4) is 0 Å². The van der Waals surface area contributed by atoms with Gasteiger partial charge in [-0.2, -0.15) is 0 Å². The van der Waals surface area contributed by atoms with E-state index in [0.717, 1.165) is 53.4 Å². The average Bonchev–Trinajstić information content (AvgIpc) is 3.28. The second-order valence-corrected chi connectivity index (χ2v) is 24.2. The molecule has 362 valence electrons. The highest BCUT2D eigenvalue weighted by molar-refractivity contribution is 5.06. The van der Waals surface area contributed by atoms with Crippen LogP contribution < -0.4 is 0 Å². The maximum absolute atomic E-state index is 4.33. The van der Waals surface area contributed by atoms with E-state index in [1.54, 1.807) is 0 Å². The van der Waals surface area contributed by atoms with Crippen molar-refractivity contribution in [2.75, 3.05) is 66.0 Å². The van der Waals surface area contributed by atoms with Gasteiger partial charge < -0.3 is 19.6 Å². The molecule has 0 radical (unpaired) electrons. The summed E-state index contributed by atoms with van der Waals surface area (Å²) in [7, 11) is 2.34. The zero-order chi connectivity index (χ0) is 45.4. The van der Waals surface area contributed by atoms with Gasteiger partial charge in [0.25, 0.3) is 0 Å². The van der Waals surface area contributed by atoms with Crippen LogP contribution in [0.1, 0.15) is 205 Å². The second kappa shape index (κ2) is 27.2. The molecule has 0 bridgehead atoms. The van der Waals surface area contributed by atoms with Crippen LogP contribution in [0.4, 0.5) is 0 Å². The van der Waals surface area contributed by atoms with Gasteiger partial charge in [0.1, 0.15) is 0 Å². The lowest BCUT2D eigenvalue weighted by Gasteiger charge is -2.48. The summed E-state index contributed by atoms with van der Waals surface area (Å²) in [4.78, 5) is 10.8. The summed E-state index contributed by atoms with van der Waals surface area (Å²) < 4.78 is 0. The van der Waals surface area contributed by atoms with Gasteiger partial charge in [0.2, 0.25) is 0 Å². The molecule has 4 nitrogen and oxygen atoms in total. The molecule has 0 aromatic carbocycles. The number of likely N-dealkylation sites (tertiary alicyclic amines) is 3. The third kappa shape index (κ3) is 17.5. The van der Waals surface area contributed by atoms with Crippen molar-refractivity contribution >= 4 is 0 Å². The zero-order valence-electron chi connectivity index (χ0n) is 44.1. The fraction of sp³-hybridized carbons (Fsp3) is 0.931. The van der Waals surface area contributed by atoms with Crippen molar-refractivity contribution < 1.29 is 0 Å². The van der Waals surface area contributed by atoms with Gasteiger partial charge in [0, 0.05) is 31.7 Å². The Balaban J connectivity index is 0.000000210. The first kappa shape index (κ1) is 53.9. The molecule has 0 amide bonds. The highest BCUT2D eigenvalue weighted by Crippen LogP contribution is 2.46. The Kier molecular flexibility index (Phi) is 23.7. The molecule has 3 saturated carbocycles. The molecular weight excluding hydrogens is 753 g/mol. The fourth-order valence-corrected chi connectivity index (χ4v) is 12.8. The van der Waals surface area contributed by atoms with Crippen molar-refractivity contribution in [1.29, 1.82) is 0 Å². The molecule has 0 N–H and O–H groups in total. The van der Waals surface area contributed by atoms with Gasteiger partial charge in [-0.3, -0.25) is 0 Å². The fourth-order valence-electron chi connectivity index (χ4n) is 12.8. The zero-order valence-corrected chi connectivity index (χ0v) is 44.1. The molecule has 3 aliphatic carbocycles. The predicted octanol–water partition coefficient (Wildman–Crippen LogP) is 14.9. The van der Waals surface area contributed by atoms with E-state index in [0.29, 0.717) is 23.3 Å². The van der Waals surface area contributed by atoms with Crippen molar-refractivity contribution in [2.45, 2.75) is 217 Å². The summed E-state index contributed by atoms with van der Waals surface area (Å²) in [5.41, 5.74) is 3.69. The van der Waals surface area contributed by atoms with Gasteiger partial charge >= 0.3 is 0 Å². The SMILES string of the molecule is C=C(C(C)C)C1CCC(CN2CCC(C(C)C)CC2)CC1.C=C(C(C)C)C1CCN(CC(C)CC)CC1.CCC1CCC(CN2CCC3(CCC(N(C)C(C)C)CC3)CC2)CC1.